The zero-order valence-electron chi connectivity index (χ0n) is 94.4. The van der Waals surface area contributed by atoms with Gasteiger partial charge in [-0.15, -0.1) is 6.67 Å². The van der Waals surface area contributed by atoms with Crippen molar-refractivity contribution in [3.8, 4) is 5.75 Å². The van der Waals surface area contributed by atoms with Crippen molar-refractivity contribution >= 4 is 153 Å². The second-order valence-corrected chi connectivity index (χ2v) is 79.8. The predicted octanol–water partition coefficient (Wildman–Crippen LogP) is 38.7. The zero-order chi connectivity index (χ0) is 107. The standard InChI is InChI=1S/2C21H27N2.C21H25N2.C18H33P.C11H14O.C9H21P.C8H21P.C6H10.C2H4.C2H2.CH3.8ClH.4Ru/c3*1-14-9-16(3)20(17(4)10-14)22-7-8-23(13-22)21-18(5)11-15(2)12-19(21)6;1-4-10-16(11-5-1)19(17-12-6-2-7-13-17)18-14-8-3-9-15-18;1-9(2)12(4)11-8-6-5-7-10(11)3;1-7(2)10(8(3)4)9(5)6;1-7(2)9(5,6)8(3)4;1-5-6(2,3)4;2*1-2;;;;;;;;;;;;;/h2*9-13H,7-8H2,1-6H3;7-13H,1-6H3;16-18H,1-15H2;3,5-9H,4H2,1-2H3;7-9H,1-6H3;7-9H,1-6H3;5H,2-4H3;1H,2H3;1H2;1H3;8*1H;;;;/q3*-1;;;;;;;;-1;;;;;;;;;4*+2/p-6. The summed E-state index contributed by atoms with van der Waals surface area (Å²) in [6.07, 6.45) is 30.3. The summed E-state index contributed by atoms with van der Waals surface area (Å²) < 4.78 is 12.0. The molecule has 0 unspecified atom stereocenters. The maximum atomic E-state index is 5.87. The summed E-state index contributed by atoms with van der Waals surface area (Å²) in [6.45, 7) is 94.4. The number of hydrogen-bond donors (Lipinski definition) is 0. The average molecular weight is 2510 g/mol. The molecule has 810 valence electrons. The van der Waals surface area contributed by atoms with Crippen LogP contribution in [0.25, 0.3) is 0 Å². The number of anilines is 6. The molecule has 3 saturated carbocycles. The fourth-order valence-corrected chi connectivity index (χ4v) is 35.0. The minimum absolute atomic E-state index is 0. The Labute approximate surface area is 926 Å². The van der Waals surface area contributed by atoms with Crippen LogP contribution in [0.2, 0.25) is 0 Å². The Morgan fingerprint density at radius 1 is 0.408 bits per heavy atom. The van der Waals surface area contributed by atoms with Crippen LogP contribution >= 0.6 is 101 Å². The zero-order valence-corrected chi connectivity index (χ0v) is 110. The third kappa shape index (κ3) is 45.7. The molecule has 5 fully saturated rings. The van der Waals surface area contributed by atoms with Crippen molar-refractivity contribution in [2.75, 3.05) is 68.9 Å². The van der Waals surface area contributed by atoms with Gasteiger partial charge in [0.2, 0.25) is 0 Å². The van der Waals surface area contributed by atoms with Crippen molar-refractivity contribution < 1.29 is 58.4 Å². The molecule has 0 atom stereocenters. The van der Waals surface area contributed by atoms with E-state index >= 15 is 0 Å². The van der Waals surface area contributed by atoms with Gasteiger partial charge in [-0.05, 0) is 322 Å². The number of nitrogens with zero attached hydrogens (tertiary/aromatic N) is 6. The van der Waals surface area contributed by atoms with E-state index in [1.165, 1.54) is 151 Å². The first-order valence-corrected chi connectivity index (χ1v) is 79.6. The number of para-hydroxylation sites is 1. The van der Waals surface area contributed by atoms with Gasteiger partial charge in [-0.25, -0.2) is 0 Å². The van der Waals surface area contributed by atoms with Crippen molar-refractivity contribution in [2.45, 2.75) is 383 Å². The maximum absolute atomic E-state index is 5.87. The van der Waals surface area contributed by atoms with E-state index in [0.29, 0.717) is 0 Å². The van der Waals surface area contributed by atoms with Crippen LogP contribution in [0, 0.1) is 165 Å². The molecule has 0 aromatic heterocycles. The minimum Gasteiger partial charge on any atom is -0.358 e. The van der Waals surface area contributed by atoms with Crippen LogP contribution < -0.4 is 29.4 Å². The van der Waals surface area contributed by atoms with Gasteiger partial charge in [0, 0.05) is 76.1 Å². The summed E-state index contributed by atoms with van der Waals surface area (Å²) in [6, 6.07) is 35.1. The molecule has 0 spiro atoms. The fraction of sp³-hybridized carbons (Fsp3) is 0.542. The number of rotatable bonds is 17. The number of hydrogen-bond acceptors (Lipinski definition) is 6. The molecule has 7 nitrogen and oxygen atoms in total. The molecule has 0 bridgehead atoms. The van der Waals surface area contributed by atoms with Gasteiger partial charge >= 0.3 is 322 Å². The van der Waals surface area contributed by atoms with Gasteiger partial charge in [-0.2, -0.15) is 13.3 Å². The number of halogens is 8. The second-order valence-electron chi connectivity index (χ2n) is 43.2. The van der Waals surface area contributed by atoms with E-state index < -0.39 is 61.3 Å². The summed E-state index contributed by atoms with van der Waals surface area (Å²) in [7, 11) is 46.8. The fourth-order valence-electron chi connectivity index (χ4n) is 21.3. The Bertz CT molecular complexity index is 4720. The van der Waals surface area contributed by atoms with Crippen LogP contribution in [0.5, 0.6) is 5.75 Å². The number of allylic oxidation sites excluding steroid dienone is 1. The van der Waals surface area contributed by atoms with Gasteiger partial charge in [0.05, 0.1) is 34.0 Å². The Kier molecular flexibility index (Phi) is 63.2. The number of benzene rings is 7. The first-order chi connectivity index (χ1) is 65.9. The van der Waals surface area contributed by atoms with E-state index in [9.17, 15) is 0 Å². The second kappa shape index (κ2) is 66.9. The third-order valence-electron chi connectivity index (χ3n) is 27.8. The van der Waals surface area contributed by atoms with E-state index in [4.69, 9.17) is 77.5 Å². The molecule has 22 heteroatoms. The van der Waals surface area contributed by atoms with Crippen LogP contribution in [0.4, 0.5) is 34.1 Å². The number of aryl methyl sites for hydroxylation is 18. The van der Waals surface area contributed by atoms with Crippen LogP contribution in [-0.4, -0.2) is 109 Å². The molecule has 3 aliphatic heterocycles. The first-order valence-electron chi connectivity index (χ1n) is 51.3. The summed E-state index contributed by atoms with van der Waals surface area (Å²) in [5, 5.41) is 0. The summed E-state index contributed by atoms with van der Waals surface area (Å²) in [5.74, 6) is 0.993. The van der Waals surface area contributed by atoms with Gasteiger partial charge < -0.3 is 36.8 Å². The largest absolute Gasteiger partial charge is 0.358 e. The first kappa shape index (κ1) is 134. The molecule has 0 amide bonds. The molecular formula is C120H189Cl8N6OP3Ru4-2. The summed E-state index contributed by atoms with van der Waals surface area (Å²) in [4.78, 5) is 14.1. The summed E-state index contributed by atoms with van der Waals surface area (Å²) >= 11 is -6.42. The molecule has 142 heavy (non-hydrogen) atoms. The van der Waals surface area contributed by atoms with Gasteiger partial charge in [-0.1, -0.05) is 125 Å². The SMILES string of the molecule is C1CCC([PH+](C2CCCCC2)C2CCCCC2)CC1.C=[C]=[Ru]([Cl])[Cl].CC(C)(C)C=[C]=[Ru]([Cl])[Cl].CC(C)[PH+](C(C)C)C(C)C.CC(C)[PH](C)(C)C(C)C.C[CH]=[Ru]([Cl])[Cl].Cc1cc(C)c(N2C=CN(c3c(C)cc(C)cc3C)[CH-]2)c(C)c1.Cc1cc(C)c(N2[CH-]N(c3c(C)cc(C)cc3C)CC2)c(C)c1.Cc1cc(C)c(N2[CH-]N(c3c(C)cc(C)cc3C)CC2)c(C)c1.[CH2-][O+](c1ccccc1[CH]=[Ru]([Cl])[Cl])C(C)C.[CH3-]. The molecule has 6 aliphatic rings. The molecule has 3 aliphatic carbocycles. The van der Waals surface area contributed by atoms with Crippen LogP contribution in [0.3, 0.4) is 0 Å². The van der Waals surface area contributed by atoms with Gasteiger partial charge in [0.15, 0.2) is 0 Å². The molecule has 3 heterocycles. The van der Waals surface area contributed by atoms with Gasteiger partial charge in [-0.3, -0.25) is 0 Å². The van der Waals surface area contributed by atoms with E-state index in [1.54, 1.807) is 96.3 Å². The molecule has 0 radical (unpaired) electrons. The third-order valence-corrected chi connectivity index (χ3v) is 49.9. The van der Waals surface area contributed by atoms with Crippen molar-refractivity contribution in [1.29, 1.82) is 0 Å². The van der Waals surface area contributed by atoms with E-state index in [-0.39, 0.29) is 34.8 Å². The molecule has 7 aromatic carbocycles. The van der Waals surface area contributed by atoms with E-state index in [0.717, 1.165) is 65.8 Å². The van der Waals surface area contributed by atoms with Crippen molar-refractivity contribution in [3.05, 3.63) is 262 Å². The molecule has 13 rings (SSSR count). The van der Waals surface area contributed by atoms with Gasteiger partial charge in [0.1, 0.15) is 0 Å². The topological polar surface area (TPSA) is 22.1 Å². The van der Waals surface area contributed by atoms with Crippen molar-refractivity contribution in [1.82, 2.24) is 0 Å². The molecule has 2 saturated heterocycles. The molecule has 0 N–H and O–H groups in total. The van der Waals surface area contributed by atoms with Crippen LogP contribution in [0.15, 0.2) is 122 Å². The Morgan fingerprint density at radius 3 is 0.838 bits per heavy atom. The van der Waals surface area contributed by atoms with E-state index in [2.05, 4.69) is 403 Å². The van der Waals surface area contributed by atoms with Crippen LogP contribution in [0.1, 0.15) is 313 Å². The predicted molar refractivity (Wildman–Crippen MR) is 651 cm³/mol. The minimum atomic E-state index is -1.79. The maximum Gasteiger partial charge on any atom is -0.358 e. The molecule has 7 aromatic rings. The van der Waals surface area contributed by atoms with Crippen LogP contribution in [-0.2, 0) is 58.4 Å². The van der Waals surface area contributed by atoms with Crippen molar-refractivity contribution in [3.63, 3.8) is 0 Å². The molecular weight excluding hydrogens is 2320 g/mol. The smallest absolute Gasteiger partial charge is 0.358 e. The Hall–Kier alpha value is -1.98. The summed E-state index contributed by atoms with van der Waals surface area (Å²) in [5.41, 5.74) is 41.6. The average Bonchev–Trinajstić information content (AvgIpc) is 1.61. The quantitative estimate of drug-likeness (QED) is 0.0389. The normalized spacial score (nSPS) is 15.4. The van der Waals surface area contributed by atoms with E-state index in [1.807, 2.05) is 46.5 Å². The van der Waals surface area contributed by atoms with Crippen molar-refractivity contribution in [2.24, 2.45) is 5.41 Å². The van der Waals surface area contributed by atoms with Gasteiger partial charge in [0.25, 0.3) is 0 Å². The Balaban J connectivity index is 0.000000420. The Morgan fingerprint density at radius 2 is 0.655 bits per heavy atom. The monoisotopic (exact) mass is 2510 g/mol.